The van der Waals surface area contributed by atoms with E-state index in [2.05, 4.69) is 0 Å². The molecule has 0 radical (unpaired) electrons. The first-order chi connectivity index (χ1) is 20.1. The molecule has 0 bridgehead atoms. The molecule has 0 aliphatic carbocycles. The largest absolute Gasteiger partial charge is 0.475 e. The highest BCUT2D eigenvalue weighted by molar-refractivity contribution is 7.17. The molecule has 3 aromatic heterocycles. The number of hydrogen-bond acceptors (Lipinski definition) is 9. The maximum absolute atomic E-state index is 11.2. The highest BCUT2D eigenvalue weighted by Crippen LogP contribution is 2.26. The van der Waals surface area contributed by atoms with Crippen LogP contribution in [0.25, 0.3) is 32.0 Å². The number of aliphatic carboxylic acids is 3. The summed E-state index contributed by atoms with van der Waals surface area (Å²) in [4.78, 5) is 64.7. The van der Waals surface area contributed by atoms with E-state index in [0.29, 0.717) is 21.9 Å². The second kappa shape index (κ2) is 12.5. The fourth-order valence-electron chi connectivity index (χ4n) is 3.74. The molecule has 0 amide bonds. The third kappa shape index (κ3) is 6.29. The lowest BCUT2D eigenvalue weighted by atomic mass is 10.1. The van der Waals surface area contributed by atoms with Crippen LogP contribution in [0.5, 0.6) is 0 Å². The van der Waals surface area contributed by atoms with Gasteiger partial charge in [-0.15, -0.1) is 11.3 Å². The number of fused-ring (bicyclic) bond motifs is 3. The molecular formula is C30H18O11S. The van der Waals surface area contributed by atoms with Crippen molar-refractivity contribution in [3.63, 3.8) is 0 Å². The van der Waals surface area contributed by atoms with Crippen LogP contribution in [0, 0.1) is 0 Å². The molecule has 11 nitrogen and oxygen atoms in total. The molecule has 6 rings (SSSR count). The van der Waals surface area contributed by atoms with E-state index in [1.54, 1.807) is 66.0 Å². The van der Waals surface area contributed by atoms with Crippen molar-refractivity contribution in [2.45, 2.75) is 0 Å². The topological polar surface area (TPSA) is 189 Å². The summed E-state index contributed by atoms with van der Waals surface area (Å²) in [6.07, 6.45) is 1.17. The highest BCUT2D eigenvalue weighted by atomic mass is 32.1. The molecule has 0 saturated heterocycles. The Bertz CT molecular complexity index is 1850. The minimum atomic E-state index is -1.51. The molecule has 0 aliphatic rings. The monoisotopic (exact) mass is 586 g/mol. The van der Waals surface area contributed by atoms with Gasteiger partial charge in [0.25, 0.3) is 11.6 Å². The SMILES string of the molecule is O=C(O)C(=O)c1cc2ccccc2o1.O=C(O)C(=O)c1coc2ccccc12.O=C(O)C(=O)c1csc2ccccc12. The molecule has 0 atom stereocenters. The van der Waals surface area contributed by atoms with Crippen molar-refractivity contribution < 1.29 is 52.9 Å². The van der Waals surface area contributed by atoms with Gasteiger partial charge in [0, 0.05) is 31.8 Å². The molecule has 210 valence electrons. The van der Waals surface area contributed by atoms with Gasteiger partial charge >= 0.3 is 23.7 Å². The van der Waals surface area contributed by atoms with E-state index in [9.17, 15) is 28.8 Å². The molecule has 12 heteroatoms. The minimum absolute atomic E-state index is 0.0908. The lowest BCUT2D eigenvalue weighted by Gasteiger charge is -1.92. The van der Waals surface area contributed by atoms with Crippen molar-refractivity contribution in [1.82, 2.24) is 0 Å². The number of carboxylic acids is 3. The molecule has 0 unspecified atom stereocenters. The quantitative estimate of drug-likeness (QED) is 0.163. The van der Waals surface area contributed by atoms with Crippen molar-refractivity contribution in [2.24, 2.45) is 0 Å². The van der Waals surface area contributed by atoms with E-state index in [-0.39, 0.29) is 16.9 Å². The molecule has 0 fully saturated rings. The van der Waals surface area contributed by atoms with E-state index < -0.39 is 35.3 Å². The number of carboxylic acid groups (broad SMARTS) is 3. The second-order valence-electron chi connectivity index (χ2n) is 8.34. The summed E-state index contributed by atoms with van der Waals surface area (Å²) in [5.41, 5.74) is 1.39. The van der Waals surface area contributed by atoms with E-state index in [1.165, 1.54) is 23.7 Å². The Labute approximate surface area is 238 Å². The summed E-state index contributed by atoms with van der Waals surface area (Å²) in [5.74, 6) is -7.36. The smallest absolute Gasteiger partial charge is 0.380 e. The summed E-state index contributed by atoms with van der Waals surface area (Å²) >= 11 is 1.38. The van der Waals surface area contributed by atoms with Crippen molar-refractivity contribution in [1.29, 1.82) is 0 Å². The number of rotatable bonds is 6. The molecular weight excluding hydrogens is 568 g/mol. The first kappa shape index (κ1) is 29.1. The van der Waals surface area contributed by atoms with Crippen molar-refractivity contribution in [3.8, 4) is 0 Å². The van der Waals surface area contributed by atoms with Gasteiger partial charge < -0.3 is 24.2 Å². The molecule has 0 spiro atoms. The summed E-state index contributed by atoms with van der Waals surface area (Å²) in [5, 5.41) is 29.1. The van der Waals surface area contributed by atoms with Crippen LogP contribution in [-0.2, 0) is 14.4 Å². The Morgan fingerprint density at radius 2 is 1.14 bits per heavy atom. The van der Waals surface area contributed by atoms with Gasteiger partial charge in [-0.2, -0.15) is 0 Å². The zero-order valence-corrected chi connectivity index (χ0v) is 22.0. The Morgan fingerprint density at radius 1 is 0.595 bits per heavy atom. The first-order valence-corrected chi connectivity index (χ1v) is 12.7. The third-order valence-electron chi connectivity index (χ3n) is 5.68. The van der Waals surface area contributed by atoms with Crippen molar-refractivity contribution in [2.75, 3.05) is 0 Å². The average Bonchev–Trinajstić information content (AvgIpc) is 3.73. The zero-order valence-electron chi connectivity index (χ0n) is 21.2. The number of thiophene rings is 1. The standard InChI is InChI=1S/2C10H6O4.C10H6O3S/c11-9(10(12)13)7-5-14-8-4-2-1-3-6(7)8;11-9(10(12)13)8-5-6-3-1-2-4-7(6)14-8;11-9(10(12)13)7-5-14-8-4-2-1-3-6(7)8/h3*1-5H,(H,12,13). The van der Waals surface area contributed by atoms with Gasteiger partial charge in [0.15, 0.2) is 5.76 Å². The molecule has 3 N–H and O–H groups in total. The molecule has 3 heterocycles. The van der Waals surface area contributed by atoms with E-state index in [4.69, 9.17) is 24.2 Å². The van der Waals surface area contributed by atoms with Gasteiger partial charge in [-0.3, -0.25) is 14.4 Å². The molecule has 3 aromatic carbocycles. The van der Waals surface area contributed by atoms with E-state index in [0.717, 1.165) is 10.1 Å². The molecule has 0 aliphatic heterocycles. The number of ketones is 3. The van der Waals surface area contributed by atoms with E-state index in [1.807, 2.05) is 12.1 Å². The highest BCUT2D eigenvalue weighted by Gasteiger charge is 2.20. The van der Waals surface area contributed by atoms with Crippen LogP contribution in [0.3, 0.4) is 0 Å². The van der Waals surface area contributed by atoms with Crippen LogP contribution in [0.15, 0.2) is 99.3 Å². The van der Waals surface area contributed by atoms with E-state index >= 15 is 0 Å². The van der Waals surface area contributed by atoms with Gasteiger partial charge in [0.1, 0.15) is 17.4 Å². The number of para-hydroxylation sites is 2. The summed E-state index contributed by atoms with van der Waals surface area (Å²) in [6.45, 7) is 0. The van der Waals surface area contributed by atoms with Gasteiger partial charge in [0.2, 0.25) is 0 Å². The predicted molar refractivity (Wildman–Crippen MR) is 150 cm³/mol. The Kier molecular flexibility index (Phi) is 8.69. The molecule has 42 heavy (non-hydrogen) atoms. The van der Waals surface area contributed by atoms with Crippen LogP contribution in [0.2, 0.25) is 0 Å². The van der Waals surface area contributed by atoms with Crippen molar-refractivity contribution in [3.05, 3.63) is 107 Å². The van der Waals surface area contributed by atoms with Crippen LogP contribution in [0.1, 0.15) is 31.3 Å². The number of benzene rings is 3. The zero-order chi connectivity index (χ0) is 30.4. The van der Waals surface area contributed by atoms with Crippen molar-refractivity contribution >= 4 is 78.6 Å². The Morgan fingerprint density at radius 3 is 1.79 bits per heavy atom. The number of hydrogen-bond donors (Lipinski definition) is 3. The lowest BCUT2D eigenvalue weighted by Crippen LogP contribution is -2.11. The summed E-state index contributed by atoms with van der Waals surface area (Å²) in [7, 11) is 0. The fraction of sp³-hybridized carbons (Fsp3) is 0. The maximum Gasteiger partial charge on any atom is 0.380 e. The third-order valence-corrected chi connectivity index (χ3v) is 6.65. The van der Waals surface area contributed by atoms with Gasteiger partial charge in [0.05, 0.1) is 5.56 Å². The van der Waals surface area contributed by atoms with Gasteiger partial charge in [-0.05, 0) is 24.3 Å². The van der Waals surface area contributed by atoms with Crippen LogP contribution < -0.4 is 0 Å². The molecule has 6 aromatic rings. The van der Waals surface area contributed by atoms with Gasteiger partial charge in [-0.25, -0.2) is 14.4 Å². The second-order valence-corrected chi connectivity index (χ2v) is 9.25. The van der Waals surface area contributed by atoms with Gasteiger partial charge in [-0.1, -0.05) is 54.6 Å². The minimum Gasteiger partial charge on any atom is -0.475 e. The number of Topliss-reactive ketones (excluding diaryl/α,β-unsaturated/α-hetero) is 3. The molecule has 0 saturated carbocycles. The Hall–Kier alpha value is -5.88. The summed E-state index contributed by atoms with van der Waals surface area (Å²) < 4.78 is 11.0. The first-order valence-electron chi connectivity index (χ1n) is 11.8. The number of carbonyl (C=O) groups is 6. The predicted octanol–water partition coefficient (Wildman–Crippen LogP) is 5.57. The number of furan rings is 2. The van der Waals surface area contributed by atoms with Crippen LogP contribution in [-0.4, -0.2) is 50.6 Å². The fourth-order valence-corrected chi connectivity index (χ4v) is 4.68. The average molecular weight is 587 g/mol. The number of carbonyl (C=O) groups excluding carboxylic acids is 3. The maximum atomic E-state index is 11.2. The van der Waals surface area contributed by atoms with Crippen LogP contribution in [0.4, 0.5) is 0 Å². The Balaban J connectivity index is 0.000000145. The van der Waals surface area contributed by atoms with Crippen LogP contribution >= 0.6 is 11.3 Å². The lowest BCUT2D eigenvalue weighted by molar-refractivity contribution is -0.132. The summed E-state index contributed by atoms with van der Waals surface area (Å²) in [6, 6.07) is 22.4. The normalized spacial score (nSPS) is 10.3.